The van der Waals surface area contributed by atoms with E-state index in [1.807, 2.05) is 45.0 Å². The molecule has 0 radical (unpaired) electrons. The fraction of sp³-hybridized carbons (Fsp3) is 0.345. The van der Waals surface area contributed by atoms with Gasteiger partial charge >= 0.3 is 6.09 Å². The zero-order chi connectivity index (χ0) is 26.8. The molecule has 4 aromatic rings. The van der Waals surface area contributed by atoms with Crippen LogP contribution < -0.4 is 10.6 Å². The molecule has 2 fully saturated rings. The van der Waals surface area contributed by atoms with Gasteiger partial charge in [-0.2, -0.15) is 0 Å². The highest BCUT2D eigenvalue weighted by atomic mass is 16.6. The van der Waals surface area contributed by atoms with E-state index in [4.69, 9.17) is 13.9 Å². The Hall–Kier alpha value is -4.11. The molecular formula is C29H29N3O6. The number of aromatic nitrogens is 1. The predicted molar refractivity (Wildman–Crippen MR) is 141 cm³/mol. The number of para-hydroxylation sites is 1. The molecule has 0 spiro atoms. The fourth-order valence-corrected chi connectivity index (χ4v) is 5.33. The maximum Gasteiger partial charge on any atom is 0.419 e. The van der Waals surface area contributed by atoms with Gasteiger partial charge in [-0.15, -0.1) is 0 Å². The van der Waals surface area contributed by atoms with Crippen LogP contribution in [0.15, 0.2) is 53.3 Å². The van der Waals surface area contributed by atoms with Gasteiger partial charge in [0.15, 0.2) is 0 Å². The number of carbonyl (C=O) groups is 3. The van der Waals surface area contributed by atoms with Crippen LogP contribution in [0.5, 0.6) is 0 Å². The van der Waals surface area contributed by atoms with Crippen LogP contribution >= 0.6 is 0 Å². The van der Waals surface area contributed by atoms with Crippen LogP contribution in [0, 0.1) is 11.8 Å². The van der Waals surface area contributed by atoms with Gasteiger partial charge in [0.05, 0.1) is 30.6 Å². The molecule has 1 aliphatic carbocycles. The lowest BCUT2D eigenvalue weighted by Gasteiger charge is -2.19. The summed E-state index contributed by atoms with van der Waals surface area (Å²) < 4.78 is 18.4. The maximum absolute atomic E-state index is 13.3. The van der Waals surface area contributed by atoms with Crippen LogP contribution in [-0.2, 0) is 9.47 Å². The number of carbonyl (C=O) groups excluding carboxylic acids is 3. The van der Waals surface area contributed by atoms with Gasteiger partial charge in [0.25, 0.3) is 11.8 Å². The predicted octanol–water partition coefficient (Wildman–Crippen LogP) is 4.57. The Morgan fingerprint density at radius 3 is 2.45 bits per heavy atom. The number of hydrogen-bond acceptors (Lipinski definition) is 6. The van der Waals surface area contributed by atoms with E-state index in [-0.39, 0.29) is 23.4 Å². The SMILES string of the molecule is CNC(=O)c1cc(C(=O)N[C@H]2[C@@H]3COC[C@@H]32)cc2c(-c3cn(C(=O)OC(C)(C)C)c4ccccc34)coc12. The van der Waals surface area contributed by atoms with E-state index in [1.54, 1.807) is 24.6 Å². The summed E-state index contributed by atoms with van der Waals surface area (Å²) in [5.74, 6) is 0.0901. The first-order valence-corrected chi connectivity index (χ1v) is 12.7. The van der Waals surface area contributed by atoms with E-state index in [2.05, 4.69) is 10.6 Å². The molecule has 9 nitrogen and oxygen atoms in total. The average molecular weight is 516 g/mol. The van der Waals surface area contributed by atoms with Crippen molar-refractivity contribution in [3.05, 3.63) is 60.0 Å². The van der Waals surface area contributed by atoms with E-state index < -0.39 is 11.7 Å². The van der Waals surface area contributed by atoms with Gasteiger partial charge < -0.3 is 24.5 Å². The third-order valence-corrected chi connectivity index (χ3v) is 7.25. The number of fused-ring (bicyclic) bond motifs is 3. The van der Waals surface area contributed by atoms with E-state index in [9.17, 15) is 14.4 Å². The molecule has 2 amide bonds. The Kier molecular flexibility index (Phi) is 5.57. The lowest BCUT2D eigenvalue weighted by molar-refractivity contribution is 0.0544. The molecule has 3 atom stereocenters. The zero-order valence-electron chi connectivity index (χ0n) is 21.7. The van der Waals surface area contributed by atoms with Crippen molar-refractivity contribution in [2.45, 2.75) is 32.4 Å². The smallest absolute Gasteiger partial charge is 0.419 e. The number of benzene rings is 2. The standard InChI is InChI=1S/C29H29N3O6/c1-29(2,3)38-28(35)32-11-19(16-7-5-6-8-23(16)32)20-14-37-25-17(20)9-15(10-18(25)27(34)30-4)26(33)31-24-21-12-36-13-22(21)24/h5-11,14,21-22,24H,12-13H2,1-4H3,(H,30,34)(H,31,33)/t21-,22+,24+. The van der Waals surface area contributed by atoms with Gasteiger partial charge in [0, 0.05) is 58.6 Å². The summed E-state index contributed by atoms with van der Waals surface area (Å²) in [6.45, 7) is 6.76. The number of furan rings is 1. The number of hydrogen-bond donors (Lipinski definition) is 2. The van der Waals surface area contributed by atoms with Gasteiger partial charge in [-0.25, -0.2) is 4.79 Å². The topological polar surface area (TPSA) is 112 Å². The monoisotopic (exact) mass is 515 g/mol. The molecule has 9 heteroatoms. The second-order valence-electron chi connectivity index (χ2n) is 10.9. The van der Waals surface area contributed by atoms with Crippen molar-refractivity contribution >= 4 is 39.8 Å². The molecule has 3 heterocycles. The van der Waals surface area contributed by atoms with Crippen LogP contribution in [0.2, 0.25) is 0 Å². The quantitative estimate of drug-likeness (QED) is 0.412. The second kappa shape index (κ2) is 8.73. The molecule has 38 heavy (non-hydrogen) atoms. The summed E-state index contributed by atoms with van der Waals surface area (Å²) in [6, 6.07) is 10.9. The van der Waals surface area contributed by atoms with Crippen molar-refractivity contribution < 1.29 is 28.3 Å². The van der Waals surface area contributed by atoms with E-state index in [0.29, 0.717) is 52.7 Å². The van der Waals surface area contributed by atoms with Gasteiger partial charge in [0.1, 0.15) is 11.2 Å². The van der Waals surface area contributed by atoms with Gasteiger partial charge in [-0.05, 0) is 39.0 Å². The first kappa shape index (κ1) is 24.2. The summed E-state index contributed by atoms with van der Waals surface area (Å²) in [6.07, 6.45) is 2.77. The Morgan fingerprint density at radius 1 is 1.00 bits per heavy atom. The Bertz CT molecular complexity index is 1600. The van der Waals surface area contributed by atoms with Gasteiger partial charge in [-0.3, -0.25) is 14.2 Å². The molecule has 2 N–H and O–H groups in total. The molecule has 1 saturated heterocycles. The molecule has 2 aromatic heterocycles. The second-order valence-corrected chi connectivity index (χ2v) is 10.9. The number of nitrogens with zero attached hydrogens (tertiary/aromatic N) is 1. The van der Waals surface area contributed by atoms with E-state index in [1.165, 1.54) is 11.6 Å². The fourth-order valence-electron chi connectivity index (χ4n) is 5.33. The minimum absolute atomic E-state index is 0.0889. The highest BCUT2D eigenvalue weighted by Crippen LogP contribution is 2.44. The summed E-state index contributed by atoms with van der Waals surface area (Å²) in [4.78, 5) is 39.1. The van der Waals surface area contributed by atoms with E-state index in [0.717, 1.165) is 10.9 Å². The van der Waals surface area contributed by atoms with Crippen molar-refractivity contribution in [3.8, 4) is 11.1 Å². The first-order chi connectivity index (χ1) is 18.2. The number of ether oxygens (including phenoxy) is 2. The largest absolute Gasteiger partial charge is 0.463 e. The van der Waals surface area contributed by atoms with E-state index >= 15 is 0 Å². The average Bonchev–Trinajstić information content (AvgIpc) is 3.32. The van der Waals surface area contributed by atoms with Gasteiger partial charge in [0.2, 0.25) is 0 Å². The minimum atomic E-state index is -0.665. The molecule has 1 aliphatic heterocycles. The van der Waals surface area contributed by atoms with Crippen molar-refractivity contribution in [2.24, 2.45) is 11.8 Å². The van der Waals surface area contributed by atoms with Crippen molar-refractivity contribution in [1.29, 1.82) is 0 Å². The minimum Gasteiger partial charge on any atom is -0.463 e. The van der Waals surface area contributed by atoms with Crippen molar-refractivity contribution in [1.82, 2.24) is 15.2 Å². The van der Waals surface area contributed by atoms with Crippen LogP contribution in [0.1, 0.15) is 41.5 Å². The van der Waals surface area contributed by atoms with Crippen LogP contribution in [0.25, 0.3) is 33.0 Å². The third-order valence-electron chi connectivity index (χ3n) is 7.25. The van der Waals surface area contributed by atoms with Crippen molar-refractivity contribution in [2.75, 3.05) is 20.3 Å². The Balaban J connectivity index is 1.47. The molecule has 1 saturated carbocycles. The summed E-state index contributed by atoms with van der Waals surface area (Å²) >= 11 is 0. The molecule has 196 valence electrons. The first-order valence-electron chi connectivity index (χ1n) is 12.7. The normalized spacial score (nSPS) is 20.4. The third kappa shape index (κ3) is 4.03. The number of nitrogens with one attached hydrogen (secondary N) is 2. The highest BCUT2D eigenvalue weighted by Gasteiger charge is 2.54. The van der Waals surface area contributed by atoms with Crippen molar-refractivity contribution in [3.63, 3.8) is 0 Å². The summed E-state index contributed by atoms with van der Waals surface area (Å²) in [5.41, 5.74) is 2.38. The van der Waals surface area contributed by atoms with Gasteiger partial charge in [-0.1, -0.05) is 18.2 Å². The Morgan fingerprint density at radius 2 is 1.74 bits per heavy atom. The summed E-state index contributed by atoms with van der Waals surface area (Å²) in [7, 11) is 1.53. The van der Waals surface area contributed by atoms with Crippen LogP contribution in [0.4, 0.5) is 4.79 Å². The maximum atomic E-state index is 13.3. The lowest BCUT2D eigenvalue weighted by atomic mass is 9.99. The molecule has 2 aromatic carbocycles. The number of rotatable bonds is 4. The molecule has 2 aliphatic rings. The van der Waals surface area contributed by atoms with Crippen LogP contribution in [-0.4, -0.2) is 54.4 Å². The molecular weight excluding hydrogens is 486 g/mol. The molecule has 0 unspecified atom stereocenters. The highest BCUT2D eigenvalue weighted by molar-refractivity contribution is 6.14. The van der Waals surface area contributed by atoms with Crippen LogP contribution in [0.3, 0.4) is 0 Å². The Labute approximate surface area is 219 Å². The number of amides is 2. The molecule has 0 bridgehead atoms. The zero-order valence-corrected chi connectivity index (χ0v) is 21.7. The molecule has 6 rings (SSSR count). The summed E-state index contributed by atoms with van der Waals surface area (Å²) in [5, 5.41) is 7.14. The lowest BCUT2D eigenvalue weighted by Crippen LogP contribution is -2.30.